The Morgan fingerprint density at radius 3 is 2.25 bits per heavy atom. The normalized spacial score (nSPS) is 10.5. The summed E-state index contributed by atoms with van der Waals surface area (Å²) in [6, 6.07) is 7.78. The molecule has 0 fully saturated rings. The van der Waals surface area contributed by atoms with Crippen LogP contribution < -0.4 is 0 Å². The van der Waals surface area contributed by atoms with Crippen molar-refractivity contribution in [3.05, 3.63) is 59.4 Å². The van der Waals surface area contributed by atoms with Crippen LogP contribution >= 0.6 is 0 Å². The third-order valence-electron chi connectivity index (χ3n) is 2.43. The molecule has 0 bridgehead atoms. The molecule has 2 rings (SSSR count). The van der Waals surface area contributed by atoms with Crippen molar-refractivity contribution in [2.75, 3.05) is 0 Å². The Kier molecular flexibility index (Phi) is 2.69. The predicted molar refractivity (Wildman–Crippen MR) is 56.5 cm³/mol. The van der Waals surface area contributed by atoms with E-state index in [2.05, 4.69) is 0 Å². The fraction of sp³-hybridized carbons (Fsp3) is 0.0769. The summed E-state index contributed by atoms with van der Waals surface area (Å²) in [7, 11) is 0. The highest BCUT2D eigenvalue weighted by Crippen LogP contribution is 2.25. The first kappa shape index (κ1) is 10.7. The molecule has 2 aromatic rings. The molecular formula is C13H9F3. The number of aryl methyl sites for hydroxylation is 1. The lowest BCUT2D eigenvalue weighted by Gasteiger charge is -2.06. The molecule has 0 saturated carbocycles. The van der Waals surface area contributed by atoms with Crippen molar-refractivity contribution in [1.82, 2.24) is 0 Å². The molecule has 2 aromatic carbocycles. The van der Waals surface area contributed by atoms with Crippen LogP contribution in [-0.2, 0) is 0 Å². The van der Waals surface area contributed by atoms with Gasteiger partial charge in [-0.15, -0.1) is 0 Å². The average Bonchev–Trinajstić information content (AvgIpc) is 2.26. The molecule has 0 radical (unpaired) electrons. The van der Waals surface area contributed by atoms with Gasteiger partial charge >= 0.3 is 0 Å². The first-order valence-electron chi connectivity index (χ1n) is 4.79. The quantitative estimate of drug-likeness (QED) is 0.682. The summed E-state index contributed by atoms with van der Waals surface area (Å²) < 4.78 is 38.8. The van der Waals surface area contributed by atoms with Gasteiger partial charge in [-0.3, -0.25) is 0 Å². The van der Waals surface area contributed by atoms with Crippen LogP contribution in [0, 0.1) is 24.4 Å². The van der Waals surface area contributed by atoms with Gasteiger partial charge in [0.2, 0.25) is 0 Å². The van der Waals surface area contributed by atoms with E-state index in [1.807, 2.05) is 0 Å². The number of hydrogen-bond donors (Lipinski definition) is 0. The van der Waals surface area contributed by atoms with Crippen molar-refractivity contribution in [2.24, 2.45) is 0 Å². The van der Waals surface area contributed by atoms with Crippen LogP contribution in [0.2, 0.25) is 0 Å². The number of hydrogen-bond acceptors (Lipinski definition) is 0. The van der Waals surface area contributed by atoms with Crippen LogP contribution in [0.15, 0.2) is 36.4 Å². The predicted octanol–water partition coefficient (Wildman–Crippen LogP) is 4.08. The second kappa shape index (κ2) is 4.00. The fourth-order valence-corrected chi connectivity index (χ4v) is 1.57. The molecule has 0 spiro atoms. The van der Waals surface area contributed by atoms with Gasteiger partial charge in [0, 0.05) is 0 Å². The summed E-state index contributed by atoms with van der Waals surface area (Å²) in [5.41, 5.74) is 1.85. The van der Waals surface area contributed by atoms with Gasteiger partial charge in [-0.1, -0.05) is 12.1 Å². The smallest absolute Gasteiger partial charge is 0.159 e. The molecule has 0 aliphatic heterocycles. The largest absolute Gasteiger partial charge is 0.207 e. The highest BCUT2D eigenvalue weighted by Gasteiger charge is 2.07. The Hall–Kier alpha value is -1.77. The van der Waals surface area contributed by atoms with Crippen LogP contribution in [-0.4, -0.2) is 0 Å². The van der Waals surface area contributed by atoms with Crippen molar-refractivity contribution >= 4 is 0 Å². The molecule has 0 aliphatic rings. The zero-order valence-corrected chi connectivity index (χ0v) is 8.60. The van der Waals surface area contributed by atoms with Gasteiger partial charge in [0.05, 0.1) is 0 Å². The summed E-state index contributed by atoms with van der Waals surface area (Å²) >= 11 is 0. The summed E-state index contributed by atoms with van der Waals surface area (Å²) in [4.78, 5) is 0. The molecule has 0 atom stereocenters. The minimum Gasteiger partial charge on any atom is -0.207 e. The van der Waals surface area contributed by atoms with E-state index in [0.717, 1.165) is 17.7 Å². The molecule has 0 nitrogen and oxygen atoms in total. The molecule has 0 unspecified atom stereocenters. The molecule has 0 heterocycles. The van der Waals surface area contributed by atoms with E-state index in [9.17, 15) is 13.2 Å². The van der Waals surface area contributed by atoms with Gasteiger partial charge in [0.25, 0.3) is 0 Å². The zero-order valence-electron chi connectivity index (χ0n) is 8.60. The summed E-state index contributed by atoms with van der Waals surface area (Å²) in [6.07, 6.45) is 0. The molecular weight excluding hydrogens is 213 g/mol. The SMILES string of the molecule is Cc1ccc(F)cc1-c1ccc(F)c(F)c1. The first-order chi connectivity index (χ1) is 7.58. The molecule has 0 saturated heterocycles. The first-order valence-corrected chi connectivity index (χ1v) is 4.79. The van der Waals surface area contributed by atoms with Crippen molar-refractivity contribution in [3.8, 4) is 11.1 Å². The average molecular weight is 222 g/mol. The second-order valence-electron chi connectivity index (χ2n) is 3.59. The van der Waals surface area contributed by atoms with Crippen molar-refractivity contribution in [1.29, 1.82) is 0 Å². The number of rotatable bonds is 1. The van der Waals surface area contributed by atoms with E-state index in [0.29, 0.717) is 11.1 Å². The Morgan fingerprint density at radius 2 is 1.56 bits per heavy atom. The van der Waals surface area contributed by atoms with Crippen LogP contribution in [0.4, 0.5) is 13.2 Å². The van der Waals surface area contributed by atoms with Crippen LogP contribution in [0.25, 0.3) is 11.1 Å². The molecule has 3 heteroatoms. The van der Waals surface area contributed by atoms with Crippen molar-refractivity contribution in [2.45, 2.75) is 6.92 Å². The standard InChI is InChI=1S/C13H9F3/c1-8-2-4-10(14)7-11(8)9-3-5-12(15)13(16)6-9/h2-7H,1H3. The lowest BCUT2D eigenvalue weighted by Crippen LogP contribution is -1.89. The topological polar surface area (TPSA) is 0 Å². The minimum absolute atomic E-state index is 0.398. The van der Waals surface area contributed by atoms with Gasteiger partial charge in [-0.2, -0.15) is 0 Å². The van der Waals surface area contributed by atoms with E-state index in [1.54, 1.807) is 13.0 Å². The van der Waals surface area contributed by atoms with Gasteiger partial charge in [0.1, 0.15) is 5.82 Å². The number of benzene rings is 2. The third kappa shape index (κ3) is 1.94. The zero-order chi connectivity index (χ0) is 11.7. The summed E-state index contributed by atoms with van der Waals surface area (Å²) in [5.74, 6) is -2.23. The lowest BCUT2D eigenvalue weighted by atomic mass is 10.0. The van der Waals surface area contributed by atoms with Gasteiger partial charge in [-0.05, 0) is 47.9 Å². The Labute approximate surface area is 91.4 Å². The fourth-order valence-electron chi connectivity index (χ4n) is 1.57. The maximum atomic E-state index is 13.0. The third-order valence-corrected chi connectivity index (χ3v) is 2.43. The molecule has 82 valence electrons. The molecule has 16 heavy (non-hydrogen) atoms. The maximum absolute atomic E-state index is 13.0. The van der Waals surface area contributed by atoms with Gasteiger partial charge in [0.15, 0.2) is 11.6 Å². The van der Waals surface area contributed by atoms with Gasteiger partial charge < -0.3 is 0 Å². The Balaban J connectivity index is 2.58. The minimum atomic E-state index is -0.929. The Morgan fingerprint density at radius 1 is 0.812 bits per heavy atom. The molecule has 0 aromatic heterocycles. The van der Waals surface area contributed by atoms with E-state index in [4.69, 9.17) is 0 Å². The van der Waals surface area contributed by atoms with E-state index in [1.165, 1.54) is 18.2 Å². The maximum Gasteiger partial charge on any atom is 0.159 e. The highest BCUT2D eigenvalue weighted by molar-refractivity contribution is 5.67. The lowest BCUT2D eigenvalue weighted by molar-refractivity contribution is 0.509. The molecule has 0 amide bonds. The van der Waals surface area contributed by atoms with Crippen LogP contribution in [0.1, 0.15) is 5.56 Å². The van der Waals surface area contributed by atoms with Crippen molar-refractivity contribution < 1.29 is 13.2 Å². The Bertz CT molecular complexity index is 533. The van der Waals surface area contributed by atoms with E-state index in [-0.39, 0.29) is 0 Å². The molecule has 0 aliphatic carbocycles. The van der Waals surface area contributed by atoms with Crippen LogP contribution in [0.3, 0.4) is 0 Å². The highest BCUT2D eigenvalue weighted by atomic mass is 19.2. The molecule has 0 N–H and O–H groups in total. The van der Waals surface area contributed by atoms with Crippen molar-refractivity contribution in [3.63, 3.8) is 0 Å². The second-order valence-corrected chi connectivity index (χ2v) is 3.59. The van der Waals surface area contributed by atoms with E-state index >= 15 is 0 Å². The summed E-state index contributed by atoms with van der Waals surface area (Å²) in [5, 5.41) is 0. The monoisotopic (exact) mass is 222 g/mol. The van der Waals surface area contributed by atoms with Crippen LogP contribution in [0.5, 0.6) is 0 Å². The number of halogens is 3. The van der Waals surface area contributed by atoms with E-state index < -0.39 is 17.5 Å². The van der Waals surface area contributed by atoms with Gasteiger partial charge in [-0.25, -0.2) is 13.2 Å². The summed E-state index contributed by atoms with van der Waals surface area (Å²) in [6.45, 7) is 1.79.